The average Bonchev–Trinajstić information content (AvgIpc) is 2.86. The van der Waals surface area contributed by atoms with E-state index in [4.69, 9.17) is 13.3 Å². The molecule has 0 bridgehead atoms. The van der Waals surface area contributed by atoms with Crippen LogP contribution in [-0.2, 0) is 32.2 Å². The highest BCUT2D eigenvalue weighted by molar-refractivity contribution is 6.91. The molecule has 0 heterocycles. The third-order valence-electron chi connectivity index (χ3n) is 6.90. The van der Waals surface area contributed by atoms with Gasteiger partial charge in [0.2, 0.25) is 0 Å². The van der Waals surface area contributed by atoms with Gasteiger partial charge < -0.3 is 18.0 Å². The molecular weight excluding hydrogens is 693 g/mol. The van der Waals surface area contributed by atoms with Gasteiger partial charge in [-0.3, -0.25) is 0 Å². The fourth-order valence-electron chi connectivity index (χ4n) is 4.13. The van der Waals surface area contributed by atoms with E-state index in [0.29, 0.717) is 12.1 Å². The second kappa shape index (κ2) is 15.4. The molecule has 0 N–H and O–H groups in total. The summed E-state index contributed by atoms with van der Waals surface area (Å²) in [5.41, 5.74) is 0. The predicted octanol–water partition coefficient (Wildman–Crippen LogP) is 6.70. The van der Waals surface area contributed by atoms with E-state index >= 15 is 0 Å². The summed E-state index contributed by atoms with van der Waals surface area (Å²) in [7, 11) is -2.17. The second-order valence-electron chi connectivity index (χ2n) is 11.2. The molecule has 0 aromatic heterocycles. The summed E-state index contributed by atoms with van der Waals surface area (Å²) in [6.45, 7) is 5.96. The SMILES string of the molecule is CO[Si](CC[Si](C)(C)c1ccc([Si](C)(C)CCCOCC(F)(F)OC(F)(F)C(F)(F)OC(F)(F)OC(F)(F)F)cc1)(OC)OC. The molecule has 0 spiro atoms. The lowest BCUT2D eigenvalue weighted by Crippen LogP contribution is -2.53. The number of rotatable bonds is 20. The topological polar surface area (TPSA) is 64.6 Å². The van der Waals surface area contributed by atoms with Crippen LogP contribution in [0.1, 0.15) is 6.42 Å². The summed E-state index contributed by atoms with van der Waals surface area (Å²) in [5.74, 6) is 0. The minimum absolute atomic E-state index is 0.158. The minimum atomic E-state index is -6.67. The molecule has 0 aliphatic rings. The lowest BCUT2D eigenvalue weighted by atomic mass is 10.4. The van der Waals surface area contributed by atoms with Gasteiger partial charge in [0.15, 0.2) is 0 Å². The van der Waals surface area contributed by atoms with Crippen molar-refractivity contribution in [3.63, 3.8) is 0 Å². The van der Waals surface area contributed by atoms with E-state index in [2.05, 4.69) is 22.6 Å². The predicted molar refractivity (Wildman–Crippen MR) is 146 cm³/mol. The highest BCUT2D eigenvalue weighted by Gasteiger charge is 2.69. The van der Waals surface area contributed by atoms with Crippen LogP contribution in [0.2, 0.25) is 44.3 Å². The molecule has 1 aromatic rings. The van der Waals surface area contributed by atoms with Gasteiger partial charge in [0.1, 0.15) is 6.61 Å². The smallest absolute Gasteiger partial charge is 0.377 e. The molecule has 0 aliphatic carbocycles. The van der Waals surface area contributed by atoms with Gasteiger partial charge in [0.05, 0.1) is 16.1 Å². The zero-order valence-electron chi connectivity index (χ0n) is 25.6. The zero-order chi connectivity index (χ0) is 35.2. The number of hydrogen-bond acceptors (Lipinski definition) is 7. The maximum Gasteiger partial charge on any atom is 0.529 e. The van der Waals surface area contributed by atoms with Crippen LogP contribution in [0.25, 0.3) is 0 Å². The number of hydrogen-bond donors (Lipinski definition) is 0. The van der Waals surface area contributed by atoms with E-state index < -0.39 is 69.1 Å². The maximum absolute atomic E-state index is 13.8. The van der Waals surface area contributed by atoms with Crippen LogP contribution in [0.3, 0.4) is 0 Å². The first kappa shape index (κ1) is 41.8. The van der Waals surface area contributed by atoms with Gasteiger partial charge in [0, 0.05) is 34.0 Å². The first-order valence-corrected chi connectivity index (χ1v) is 21.5. The van der Waals surface area contributed by atoms with Crippen molar-refractivity contribution >= 4 is 35.3 Å². The fourth-order valence-corrected chi connectivity index (χ4v) is 12.7. The number of halogens is 11. The third kappa shape index (κ3) is 13.1. The molecule has 1 rings (SSSR count). The van der Waals surface area contributed by atoms with E-state index in [1.807, 2.05) is 46.8 Å². The highest BCUT2D eigenvalue weighted by atomic mass is 28.4. The third-order valence-corrected chi connectivity index (χ3v) is 17.0. The summed E-state index contributed by atoms with van der Waals surface area (Å²) >= 11 is 0. The van der Waals surface area contributed by atoms with Crippen molar-refractivity contribution in [2.45, 2.75) is 81.7 Å². The number of ether oxygens (including phenoxy) is 4. The molecule has 21 heteroatoms. The van der Waals surface area contributed by atoms with Crippen molar-refractivity contribution in [2.24, 2.45) is 0 Å². The number of benzene rings is 1. The lowest BCUT2D eigenvalue weighted by molar-refractivity contribution is -0.575. The monoisotopic (exact) mass is 730 g/mol. The molecular formula is C24H37F11O7Si3. The van der Waals surface area contributed by atoms with E-state index in [9.17, 15) is 48.3 Å². The van der Waals surface area contributed by atoms with Crippen LogP contribution in [0, 0.1) is 0 Å². The van der Waals surface area contributed by atoms with Crippen LogP contribution in [0.5, 0.6) is 0 Å². The molecule has 45 heavy (non-hydrogen) atoms. The standard InChI is InChI=1S/C24H37F11O7Si3/c1-36-45(37-2,38-3)16-15-44(6,7)19-11-9-18(10-12-19)43(4,5)14-8-13-39-17-20(25,26)40-21(27,28)22(29,30)41-24(34,35)42-23(31,32)33/h9-12H,8,13-17H2,1-7H3. The summed E-state index contributed by atoms with van der Waals surface area (Å²) < 4.78 is 170. The molecule has 0 saturated heterocycles. The van der Waals surface area contributed by atoms with Crippen LogP contribution in [0.4, 0.5) is 48.3 Å². The van der Waals surface area contributed by atoms with Crippen LogP contribution in [0.15, 0.2) is 24.3 Å². The Kier molecular flexibility index (Phi) is 14.3. The fraction of sp³-hybridized carbons (Fsp3) is 0.750. The minimum Gasteiger partial charge on any atom is -0.377 e. The Hall–Kier alpha value is -1.18. The Morgan fingerprint density at radius 2 is 1.00 bits per heavy atom. The van der Waals surface area contributed by atoms with Crippen LogP contribution in [-0.4, -0.2) is 90.5 Å². The molecule has 0 radical (unpaired) electrons. The molecule has 264 valence electrons. The largest absolute Gasteiger partial charge is 0.529 e. The lowest BCUT2D eigenvalue weighted by Gasteiger charge is -2.31. The zero-order valence-corrected chi connectivity index (χ0v) is 28.6. The van der Waals surface area contributed by atoms with E-state index in [-0.39, 0.29) is 6.42 Å². The molecule has 0 fully saturated rings. The van der Waals surface area contributed by atoms with E-state index in [1.165, 1.54) is 5.19 Å². The number of alkyl halides is 11. The first-order chi connectivity index (χ1) is 20.2. The van der Waals surface area contributed by atoms with Crippen LogP contribution >= 0.6 is 0 Å². The van der Waals surface area contributed by atoms with Gasteiger partial charge in [-0.15, -0.1) is 22.0 Å². The molecule has 0 aliphatic heterocycles. The summed E-state index contributed by atoms with van der Waals surface area (Å²) in [6, 6.07) is 10.0. The van der Waals surface area contributed by atoms with Gasteiger partial charge in [-0.25, -0.2) is 9.47 Å². The van der Waals surface area contributed by atoms with Crippen molar-refractivity contribution in [2.75, 3.05) is 34.5 Å². The molecule has 0 unspecified atom stereocenters. The van der Waals surface area contributed by atoms with Gasteiger partial charge >= 0.3 is 39.8 Å². The Bertz CT molecular complexity index is 1050. The normalized spacial score (nSPS) is 14.7. The summed E-state index contributed by atoms with van der Waals surface area (Å²) in [5, 5.41) is 2.21. The van der Waals surface area contributed by atoms with Crippen molar-refractivity contribution in [3.05, 3.63) is 24.3 Å². The second-order valence-corrected chi connectivity index (χ2v) is 24.0. The van der Waals surface area contributed by atoms with Crippen molar-refractivity contribution < 1.29 is 80.5 Å². The van der Waals surface area contributed by atoms with Gasteiger partial charge in [0.25, 0.3) is 0 Å². The van der Waals surface area contributed by atoms with Crippen molar-refractivity contribution in [1.82, 2.24) is 0 Å². The van der Waals surface area contributed by atoms with Crippen molar-refractivity contribution in [3.8, 4) is 0 Å². The molecule has 0 atom stereocenters. The highest BCUT2D eigenvalue weighted by Crippen LogP contribution is 2.44. The molecule has 7 nitrogen and oxygen atoms in total. The Morgan fingerprint density at radius 3 is 1.42 bits per heavy atom. The van der Waals surface area contributed by atoms with Gasteiger partial charge in [-0.1, -0.05) is 66.9 Å². The Morgan fingerprint density at radius 1 is 0.578 bits per heavy atom. The van der Waals surface area contributed by atoms with Gasteiger partial charge in [-0.2, -0.15) is 31.1 Å². The van der Waals surface area contributed by atoms with Gasteiger partial charge in [-0.05, 0) is 12.5 Å². The van der Waals surface area contributed by atoms with E-state index in [0.717, 1.165) is 11.2 Å². The maximum atomic E-state index is 13.8. The Labute approximate surface area is 256 Å². The molecule has 0 saturated carbocycles. The summed E-state index contributed by atoms with van der Waals surface area (Å²) in [6.07, 6.45) is -30.8. The summed E-state index contributed by atoms with van der Waals surface area (Å²) in [4.78, 5) is 0. The van der Waals surface area contributed by atoms with E-state index in [1.54, 1.807) is 21.3 Å². The van der Waals surface area contributed by atoms with Crippen LogP contribution < -0.4 is 10.4 Å². The quantitative estimate of drug-likeness (QED) is 0.0641. The molecule has 1 aromatic carbocycles. The first-order valence-electron chi connectivity index (χ1n) is 13.2. The average molecular weight is 731 g/mol. The Balaban J connectivity index is 2.70. The van der Waals surface area contributed by atoms with Crippen molar-refractivity contribution in [1.29, 1.82) is 0 Å². The molecule has 0 amide bonds.